The Morgan fingerprint density at radius 1 is 1.24 bits per heavy atom. The van der Waals surface area contributed by atoms with Gasteiger partial charge in [0.2, 0.25) is 5.89 Å². The van der Waals surface area contributed by atoms with Gasteiger partial charge in [0.15, 0.2) is 17.3 Å². The van der Waals surface area contributed by atoms with E-state index in [1.54, 1.807) is 18.2 Å². The highest BCUT2D eigenvalue weighted by molar-refractivity contribution is 5.95. The van der Waals surface area contributed by atoms with Gasteiger partial charge >= 0.3 is 0 Å². The molecule has 7 heteroatoms. The minimum atomic E-state index is -0.165. The van der Waals surface area contributed by atoms with Gasteiger partial charge in [0, 0.05) is 18.5 Å². The smallest absolute Gasteiger partial charge is 0.254 e. The number of carbonyl (C=O) groups excluding carboxylic acids is 1. The fourth-order valence-corrected chi connectivity index (χ4v) is 3.32. The monoisotopic (exact) mass is 343 g/mol. The van der Waals surface area contributed by atoms with Crippen molar-refractivity contribution in [3.05, 3.63) is 35.5 Å². The molecular formula is C18H21N3O4. The Kier molecular flexibility index (Phi) is 4.29. The number of piperidine rings is 1. The SMILES string of the molecule is CCc1noc([C@H]2CCCCN2C(=O)c2ccc3c(c2)OCCO3)n1. The zero-order valence-electron chi connectivity index (χ0n) is 14.2. The average molecular weight is 343 g/mol. The molecule has 1 aromatic carbocycles. The molecule has 1 amide bonds. The summed E-state index contributed by atoms with van der Waals surface area (Å²) >= 11 is 0. The number of rotatable bonds is 3. The van der Waals surface area contributed by atoms with E-state index in [1.165, 1.54) is 0 Å². The second kappa shape index (κ2) is 6.74. The van der Waals surface area contributed by atoms with E-state index in [0.717, 1.165) is 19.3 Å². The van der Waals surface area contributed by atoms with Gasteiger partial charge in [-0.1, -0.05) is 12.1 Å². The standard InChI is InChI=1S/C18H21N3O4/c1-2-16-19-17(25-20-16)13-5-3-4-8-21(13)18(22)12-6-7-14-15(11-12)24-10-9-23-14/h6-7,11,13H,2-5,8-10H2,1H3/t13-/m1/s1. The molecule has 2 aliphatic heterocycles. The second-order valence-electron chi connectivity index (χ2n) is 6.27. The molecule has 0 unspecified atom stereocenters. The van der Waals surface area contributed by atoms with Gasteiger partial charge in [0.1, 0.15) is 19.3 Å². The Bertz CT molecular complexity index is 773. The highest BCUT2D eigenvalue weighted by Crippen LogP contribution is 2.34. The van der Waals surface area contributed by atoms with E-state index in [1.807, 2.05) is 11.8 Å². The summed E-state index contributed by atoms with van der Waals surface area (Å²) < 4.78 is 16.5. The van der Waals surface area contributed by atoms with E-state index in [4.69, 9.17) is 14.0 Å². The summed E-state index contributed by atoms with van der Waals surface area (Å²) in [6.07, 6.45) is 3.56. The molecule has 2 aliphatic rings. The number of nitrogens with zero attached hydrogens (tertiary/aromatic N) is 3. The van der Waals surface area contributed by atoms with Gasteiger partial charge in [-0.25, -0.2) is 0 Å². The Hall–Kier alpha value is -2.57. The Balaban J connectivity index is 1.60. The molecule has 1 fully saturated rings. The van der Waals surface area contributed by atoms with Gasteiger partial charge in [0.05, 0.1) is 0 Å². The third-order valence-electron chi connectivity index (χ3n) is 4.64. The van der Waals surface area contributed by atoms with Crippen LogP contribution in [0, 0.1) is 0 Å². The van der Waals surface area contributed by atoms with Crippen molar-refractivity contribution in [2.45, 2.75) is 38.6 Å². The third-order valence-corrected chi connectivity index (χ3v) is 4.64. The van der Waals surface area contributed by atoms with Crippen LogP contribution in [0.25, 0.3) is 0 Å². The largest absolute Gasteiger partial charge is 0.486 e. The lowest BCUT2D eigenvalue weighted by Gasteiger charge is -2.33. The molecule has 0 radical (unpaired) electrons. The summed E-state index contributed by atoms with van der Waals surface area (Å²) in [6, 6.07) is 5.17. The molecule has 25 heavy (non-hydrogen) atoms. The number of likely N-dealkylation sites (tertiary alicyclic amines) is 1. The molecule has 3 heterocycles. The molecule has 0 bridgehead atoms. The van der Waals surface area contributed by atoms with E-state index >= 15 is 0 Å². The maximum Gasteiger partial charge on any atom is 0.254 e. The van der Waals surface area contributed by atoms with Gasteiger partial charge in [-0.05, 0) is 37.5 Å². The molecule has 0 spiro atoms. The van der Waals surface area contributed by atoms with Gasteiger partial charge < -0.3 is 18.9 Å². The molecule has 1 aromatic heterocycles. The lowest BCUT2D eigenvalue weighted by molar-refractivity contribution is 0.0560. The highest BCUT2D eigenvalue weighted by Gasteiger charge is 2.33. The summed E-state index contributed by atoms with van der Waals surface area (Å²) in [5.41, 5.74) is 0.589. The fraction of sp³-hybridized carbons (Fsp3) is 0.500. The van der Waals surface area contributed by atoms with Crippen molar-refractivity contribution in [3.8, 4) is 11.5 Å². The normalized spacial score (nSPS) is 19.7. The van der Waals surface area contributed by atoms with E-state index in [9.17, 15) is 4.79 Å². The van der Waals surface area contributed by atoms with Crippen LogP contribution >= 0.6 is 0 Å². The predicted molar refractivity (Wildman–Crippen MR) is 88.7 cm³/mol. The van der Waals surface area contributed by atoms with Crippen LogP contribution in [-0.2, 0) is 6.42 Å². The van der Waals surface area contributed by atoms with Crippen LogP contribution in [-0.4, -0.2) is 40.7 Å². The molecule has 1 atom stereocenters. The fourth-order valence-electron chi connectivity index (χ4n) is 3.32. The minimum Gasteiger partial charge on any atom is -0.486 e. The highest BCUT2D eigenvalue weighted by atomic mass is 16.6. The summed E-state index contributed by atoms with van der Waals surface area (Å²) in [7, 11) is 0. The van der Waals surface area contributed by atoms with Gasteiger partial charge in [-0.15, -0.1) is 0 Å². The summed E-state index contributed by atoms with van der Waals surface area (Å²) in [5.74, 6) is 2.46. The van der Waals surface area contributed by atoms with Crippen LogP contribution in [0.1, 0.15) is 54.3 Å². The van der Waals surface area contributed by atoms with E-state index in [2.05, 4.69) is 10.1 Å². The zero-order chi connectivity index (χ0) is 17.2. The van der Waals surface area contributed by atoms with E-state index in [0.29, 0.717) is 55.0 Å². The van der Waals surface area contributed by atoms with E-state index < -0.39 is 0 Å². The van der Waals surface area contributed by atoms with Crippen molar-refractivity contribution in [1.29, 1.82) is 0 Å². The zero-order valence-corrected chi connectivity index (χ0v) is 14.2. The first-order chi connectivity index (χ1) is 12.3. The van der Waals surface area contributed by atoms with Crippen LogP contribution in [0.15, 0.2) is 22.7 Å². The first-order valence-electron chi connectivity index (χ1n) is 8.79. The molecule has 7 nitrogen and oxygen atoms in total. The van der Waals surface area contributed by atoms with Crippen LogP contribution in [0.5, 0.6) is 11.5 Å². The van der Waals surface area contributed by atoms with Crippen LogP contribution < -0.4 is 9.47 Å². The van der Waals surface area contributed by atoms with Crippen molar-refractivity contribution in [1.82, 2.24) is 15.0 Å². The molecule has 0 aliphatic carbocycles. The van der Waals surface area contributed by atoms with Crippen molar-refractivity contribution >= 4 is 5.91 Å². The molecule has 1 saturated heterocycles. The van der Waals surface area contributed by atoms with Crippen LogP contribution in [0.3, 0.4) is 0 Å². The van der Waals surface area contributed by atoms with Crippen molar-refractivity contribution in [2.75, 3.05) is 19.8 Å². The summed E-state index contributed by atoms with van der Waals surface area (Å²) in [5, 5.41) is 3.97. The summed E-state index contributed by atoms with van der Waals surface area (Å²) in [6.45, 7) is 3.69. The van der Waals surface area contributed by atoms with Crippen LogP contribution in [0.4, 0.5) is 0 Å². The quantitative estimate of drug-likeness (QED) is 0.853. The van der Waals surface area contributed by atoms with Crippen molar-refractivity contribution in [2.24, 2.45) is 0 Å². The lowest BCUT2D eigenvalue weighted by atomic mass is 10.0. The van der Waals surface area contributed by atoms with E-state index in [-0.39, 0.29) is 11.9 Å². The van der Waals surface area contributed by atoms with Crippen molar-refractivity contribution in [3.63, 3.8) is 0 Å². The van der Waals surface area contributed by atoms with Gasteiger partial charge in [0.25, 0.3) is 5.91 Å². The number of aromatic nitrogens is 2. The molecule has 0 N–H and O–H groups in total. The molecular weight excluding hydrogens is 322 g/mol. The van der Waals surface area contributed by atoms with Crippen molar-refractivity contribution < 1.29 is 18.8 Å². The first kappa shape index (κ1) is 15.9. The third kappa shape index (κ3) is 3.06. The number of carbonyl (C=O) groups is 1. The maximum atomic E-state index is 13.1. The number of fused-ring (bicyclic) bond motifs is 1. The first-order valence-corrected chi connectivity index (χ1v) is 8.79. The topological polar surface area (TPSA) is 77.7 Å². The Labute approximate surface area is 145 Å². The Morgan fingerprint density at radius 2 is 2.08 bits per heavy atom. The number of hydrogen-bond donors (Lipinski definition) is 0. The van der Waals surface area contributed by atoms with Crippen LogP contribution in [0.2, 0.25) is 0 Å². The lowest BCUT2D eigenvalue weighted by Crippen LogP contribution is -2.38. The van der Waals surface area contributed by atoms with Gasteiger partial charge in [-0.2, -0.15) is 4.98 Å². The number of ether oxygens (including phenoxy) is 2. The number of amides is 1. The number of hydrogen-bond acceptors (Lipinski definition) is 6. The average Bonchev–Trinajstić information content (AvgIpc) is 3.16. The molecule has 0 saturated carbocycles. The van der Waals surface area contributed by atoms with Gasteiger partial charge in [-0.3, -0.25) is 4.79 Å². The molecule has 2 aromatic rings. The maximum absolute atomic E-state index is 13.1. The number of aryl methyl sites for hydroxylation is 1. The minimum absolute atomic E-state index is 0.0436. The number of benzene rings is 1. The second-order valence-corrected chi connectivity index (χ2v) is 6.27. The Morgan fingerprint density at radius 3 is 2.88 bits per heavy atom. The summed E-state index contributed by atoms with van der Waals surface area (Å²) in [4.78, 5) is 19.4. The molecule has 132 valence electrons. The predicted octanol–water partition coefficient (Wildman–Crippen LogP) is 2.77. The molecule has 4 rings (SSSR count).